The van der Waals surface area contributed by atoms with Crippen molar-refractivity contribution < 1.29 is 29.3 Å². The van der Waals surface area contributed by atoms with Crippen LogP contribution in [0.25, 0.3) is 0 Å². The van der Waals surface area contributed by atoms with Gasteiger partial charge in [0.25, 0.3) is 0 Å². The fourth-order valence-electron chi connectivity index (χ4n) is 3.96. The summed E-state index contributed by atoms with van der Waals surface area (Å²) in [7, 11) is 0. The molecule has 0 aromatic heterocycles. The fraction of sp³-hybridized carbons (Fsp3) is 0.280. The van der Waals surface area contributed by atoms with Gasteiger partial charge in [0, 0.05) is 6.54 Å². The summed E-state index contributed by atoms with van der Waals surface area (Å²) >= 11 is 3.71. The van der Waals surface area contributed by atoms with Crippen LogP contribution in [0.3, 0.4) is 0 Å². The van der Waals surface area contributed by atoms with E-state index in [1.54, 1.807) is 11.0 Å². The molecule has 8 heteroatoms. The molecule has 0 saturated carbocycles. The van der Waals surface area contributed by atoms with Crippen molar-refractivity contribution in [3.8, 4) is 11.5 Å². The van der Waals surface area contributed by atoms with E-state index < -0.39 is 16.4 Å². The predicted octanol–water partition coefficient (Wildman–Crippen LogP) is 4.61. The van der Waals surface area contributed by atoms with E-state index in [9.17, 15) is 14.7 Å². The molecule has 2 aromatic carbocycles. The fourth-order valence-corrected chi connectivity index (χ4v) is 4.54. The molecular formula is C25H24BrNO6. The highest BCUT2D eigenvalue weighted by atomic mass is 79.9. The molecule has 0 radical (unpaired) electrons. The first-order chi connectivity index (χ1) is 15.7. The van der Waals surface area contributed by atoms with Crippen LogP contribution in [-0.2, 0) is 16.0 Å². The summed E-state index contributed by atoms with van der Waals surface area (Å²) in [5, 5.41) is 19.1. The highest BCUT2D eigenvalue weighted by Gasteiger charge is 2.42. The van der Waals surface area contributed by atoms with Gasteiger partial charge < -0.3 is 19.7 Å². The molecule has 1 aliphatic carbocycles. The number of amides is 1. The molecule has 2 atom stereocenters. The predicted molar refractivity (Wildman–Crippen MR) is 126 cm³/mol. The first kappa shape index (κ1) is 22.9. The summed E-state index contributed by atoms with van der Waals surface area (Å²) in [6, 6.07) is 14.0. The van der Waals surface area contributed by atoms with Crippen LogP contribution >= 0.6 is 15.9 Å². The van der Waals surface area contributed by atoms with Crippen molar-refractivity contribution in [2.24, 2.45) is 0 Å². The van der Waals surface area contributed by atoms with Gasteiger partial charge in [-0.05, 0) is 42.3 Å². The Bertz CT molecular complexity index is 1090. The largest absolute Gasteiger partial charge is 0.504 e. The summed E-state index contributed by atoms with van der Waals surface area (Å²) in [4.78, 5) is 25.2. The molecule has 2 N–H and O–H groups in total. The van der Waals surface area contributed by atoms with Crippen molar-refractivity contribution in [1.29, 1.82) is 0 Å². The van der Waals surface area contributed by atoms with Crippen LogP contribution in [-0.4, -0.2) is 50.2 Å². The van der Waals surface area contributed by atoms with Crippen molar-refractivity contribution in [3.05, 3.63) is 84.0 Å². The highest BCUT2D eigenvalue weighted by Crippen LogP contribution is 2.37. The van der Waals surface area contributed by atoms with Crippen molar-refractivity contribution >= 4 is 28.0 Å². The third-order valence-electron chi connectivity index (χ3n) is 5.70. The summed E-state index contributed by atoms with van der Waals surface area (Å²) in [6.45, 7) is 2.34. The molecule has 7 nitrogen and oxygen atoms in total. The van der Waals surface area contributed by atoms with E-state index in [1.165, 1.54) is 12.1 Å². The minimum absolute atomic E-state index is 0.0674. The number of alkyl halides is 1. The Balaban J connectivity index is 1.42. The molecule has 1 fully saturated rings. The Morgan fingerprint density at radius 2 is 1.88 bits per heavy atom. The average Bonchev–Trinajstić information content (AvgIpc) is 3.06. The number of aromatic hydroxyl groups is 1. The van der Waals surface area contributed by atoms with Crippen molar-refractivity contribution in [3.63, 3.8) is 0 Å². The smallest absolute Gasteiger partial charge is 0.410 e. The van der Waals surface area contributed by atoms with Gasteiger partial charge in [-0.2, -0.15) is 0 Å². The van der Waals surface area contributed by atoms with Gasteiger partial charge in [0.05, 0.1) is 16.8 Å². The molecule has 1 saturated heterocycles. The van der Waals surface area contributed by atoms with Gasteiger partial charge in [-0.25, -0.2) is 4.79 Å². The first-order valence-corrected chi connectivity index (χ1v) is 11.3. The number of hydrogen-bond acceptors (Lipinski definition) is 5. The number of ether oxygens (including phenoxy) is 2. The Morgan fingerprint density at radius 3 is 2.55 bits per heavy atom. The number of carbonyl (C=O) groups is 2. The lowest BCUT2D eigenvalue weighted by Crippen LogP contribution is -2.42. The third-order valence-corrected chi connectivity index (χ3v) is 6.48. The first-order valence-electron chi connectivity index (χ1n) is 10.5. The third kappa shape index (κ3) is 5.22. The molecule has 1 aliphatic heterocycles. The number of phenols is 1. The number of carbonyl (C=O) groups excluding carboxylic acids is 1. The van der Waals surface area contributed by atoms with E-state index in [-0.39, 0.29) is 36.2 Å². The second-order valence-electron chi connectivity index (χ2n) is 8.18. The van der Waals surface area contributed by atoms with Crippen molar-refractivity contribution in [2.45, 2.75) is 35.9 Å². The van der Waals surface area contributed by atoms with E-state index in [0.29, 0.717) is 12.1 Å². The Kier molecular flexibility index (Phi) is 6.47. The zero-order valence-corrected chi connectivity index (χ0v) is 19.5. The Morgan fingerprint density at radius 1 is 1.18 bits per heavy atom. The maximum absolute atomic E-state index is 12.6. The molecule has 4 rings (SSSR count). The topological polar surface area (TPSA) is 96.3 Å². The van der Waals surface area contributed by atoms with Crippen LogP contribution in [0.2, 0.25) is 0 Å². The lowest BCUT2D eigenvalue weighted by Gasteiger charge is -2.31. The highest BCUT2D eigenvalue weighted by molar-refractivity contribution is 9.10. The van der Waals surface area contributed by atoms with Gasteiger partial charge in [0.2, 0.25) is 0 Å². The van der Waals surface area contributed by atoms with Gasteiger partial charge >= 0.3 is 12.1 Å². The number of cyclic esters (lactones) is 1. The lowest BCUT2D eigenvalue weighted by molar-refractivity contribution is -0.136. The molecule has 0 spiro atoms. The number of rotatable bonds is 7. The number of halogens is 1. The quantitative estimate of drug-likeness (QED) is 0.414. The van der Waals surface area contributed by atoms with Crippen LogP contribution < -0.4 is 4.74 Å². The molecule has 1 heterocycles. The van der Waals surface area contributed by atoms with E-state index in [2.05, 4.69) is 15.9 Å². The lowest BCUT2D eigenvalue weighted by atomic mass is 9.99. The monoisotopic (exact) mass is 513 g/mol. The van der Waals surface area contributed by atoms with Gasteiger partial charge in [0.15, 0.2) is 11.5 Å². The van der Waals surface area contributed by atoms with Crippen LogP contribution in [0.1, 0.15) is 24.2 Å². The number of phenolic OH excluding ortho intramolecular Hbond substituents is 1. The molecular weight excluding hydrogens is 490 g/mol. The molecule has 0 bridgehead atoms. The van der Waals surface area contributed by atoms with Crippen LogP contribution in [0, 0.1) is 0 Å². The Labute approximate surface area is 200 Å². The normalized spacial score (nSPS) is 26.3. The maximum atomic E-state index is 12.6. The standard InChI is InChI=1S/C25H24BrNO6/c1-16-23(18-5-3-2-4-6-18)33-24(31)27(16)15-25(26)11-9-19(10-12-25)32-21-13-17(14-22(29)30)7-8-20(21)28/h2-13,16,19,23,28H,14-15H2,1H3,(H,29,30). The van der Waals surface area contributed by atoms with Crippen molar-refractivity contribution in [2.75, 3.05) is 6.54 Å². The number of benzene rings is 2. The molecule has 1 amide bonds. The SMILES string of the molecule is CC1C(c2ccccc2)OC(=O)N1CC1(Br)C=CC(Oc2cc(CC(=O)O)ccc2O)C=C1. The number of hydrogen-bond donors (Lipinski definition) is 2. The van der Waals surface area contributed by atoms with E-state index >= 15 is 0 Å². The second kappa shape index (κ2) is 9.31. The van der Waals surface area contributed by atoms with Gasteiger partial charge in [-0.15, -0.1) is 0 Å². The van der Waals surface area contributed by atoms with Gasteiger partial charge in [-0.3, -0.25) is 9.69 Å². The molecule has 2 unspecified atom stereocenters. The number of carboxylic acid groups (broad SMARTS) is 1. The van der Waals surface area contributed by atoms with Crippen LogP contribution in [0.4, 0.5) is 4.79 Å². The second-order valence-corrected chi connectivity index (χ2v) is 9.66. The van der Waals surface area contributed by atoms with Crippen LogP contribution in [0.15, 0.2) is 72.8 Å². The molecule has 33 heavy (non-hydrogen) atoms. The van der Waals surface area contributed by atoms with E-state index in [0.717, 1.165) is 5.56 Å². The average molecular weight is 514 g/mol. The van der Waals surface area contributed by atoms with Gasteiger partial charge in [0.1, 0.15) is 12.2 Å². The summed E-state index contributed by atoms with van der Waals surface area (Å²) in [5.41, 5.74) is 1.49. The van der Waals surface area contributed by atoms with Crippen molar-refractivity contribution in [1.82, 2.24) is 4.90 Å². The molecule has 2 aliphatic rings. The Hall–Kier alpha value is -3.26. The summed E-state index contributed by atoms with van der Waals surface area (Å²) in [5.74, 6) is -0.822. The minimum atomic E-state index is -0.961. The zero-order valence-electron chi connectivity index (χ0n) is 17.9. The number of carboxylic acids is 1. The zero-order chi connectivity index (χ0) is 23.6. The maximum Gasteiger partial charge on any atom is 0.410 e. The van der Waals surface area contributed by atoms with E-state index in [1.807, 2.05) is 61.6 Å². The summed E-state index contributed by atoms with van der Waals surface area (Å²) in [6.07, 6.45) is 6.11. The number of aliphatic carboxylic acids is 1. The number of nitrogens with zero attached hydrogens (tertiary/aromatic N) is 1. The van der Waals surface area contributed by atoms with Crippen LogP contribution in [0.5, 0.6) is 11.5 Å². The van der Waals surface area contributed by atoms with Gasteiger partial charge in [-0.1, -0.05) is 64.5 Å². The molecule has 2 aromatic rings. The minimum Gasteiger partial charge on any atom is -0.504 e. The molecule has 172 valence electrons. The summed E-state index contributed by atoms with van der Waals surface area (Å²) < 4.78 is 10.9. The van der Waals surface area contributed by atoms with E-state index in [4.69, 9.17) is 14.6 Å².